The number of fused-ring (bicyclic) bond motifs is 10. The summed E-state index contributed by atoms with van der Waals surface area (Å²) in [6, 6.07) is 59.1. The molecule has 0 bridgehead atoms. The van der Waals surface area contributed by atoms with E-state index in [1.807, 2.05) is 24.3 Å². The number of furan rings is 1. The number of aromatic nitrogens is 4. The van der Waals surface area contributed by atoms with E-state index >= 15 is 0 Å². The molecular weight excluding hydrogens is 637 g/mol. The summed E-state index contributed by atoms with van der Waals surface area (Å²) in [4.78, 5) is 15.6. The molecule has 0 saturated carbocycles. The summed E-state index contributed by atoms with van der Waals surface area (Å²) in [5, 5.41) is 9.10. The van der Waals surface area contributed by atoms with Gasteiger partial charge in [-0.3, -0.25) is 0 Å². The van der Waals surface area contributed by atoms with Gasteiger partial charge in [-0.25, -0.2) is 15.0 Å². The molecule has 11 aromatic rings. The molecule has 5 nitrogen and oxygen atoms in total. The van der Waals surface area contributed by atoms with Gasteiger partial charge in [0.25, 0.3) is 0 Å². The molecule has 0 unspecified atom stereocenters. The summed E-state index contributed by atoms with van der Waals surface area (Å²) in [7, 11) is 0. The molecule has 3 heterocycles. The van der Waals surface area contributed by atoms with E-state index in [2.05, 4.69) is 150 Å². The number of para-hydroxylation sites is 1. The van der Waals surface area contributed by atoms with Crippen LogP contribution in [-0.2, 0) is 0 Å². The fourth-order valence-corrected chi connectivity index (χ4v) is 7.89. The van der Waals surface area contributed by atoms with Crippen LogP contribution in [0.3, 0.4) is 0 Å². The molecule has 0 N–H and O–H groups in total. The second-order valence-electron chi connectivity index (χ2n) is 13.2. The first-order valence-electron chi connectivity index (χ1n) is 17.5. The third-order valence-electron chi connectivity index (χ3n) is 10.2. The van der Waals surface area contributed by atoms with Crippen LogP contribution in [0, 0.1) is 0 Å². The molecular formula is C47H28N4O. The van der Waals surface area contributed by atoms with Crippen LogP contribution in [-0.4, -0.2) is 19.5 Å². The molecule has 0 radical (unpaired) electrons. The highest BCUT2D eigenvalue weighted by atomic mass is 16.3. The molecule has 3 aromatic heterocycles. The Hall–Kier alpha value is -7.11. The lowest BCUT2D eigenvalue weighted by Crippen LogP contribution is -2.00. The summed E-state index contributed by atoms with van der Waals surface area (Å²) in [5.74, 6) is 1.85. The summed E-state index contributed by atoms with van der Waals surface area (Å²) in [6.07, 6.45) is 0. The van der Waals surface area contributed by atoms with Crippen molar-refractivity contribution in [1.29, 1.82) is 0 Å². The molecule has 5 heteroatoms. The van der Waals surface area contributed by atoms with Crippen LogP contribution in [0.5, 0.6) is 0 Å². The minimum absolute atomic E-state index is 0.606. The lowest BCUT2D eigenvalue weighted by atomic mass is 10.0. The van der Waals surface area contributed by atoms with Gasteiger partial charge in [0.05, 0.1) is 11.0 Å². The number of hydrogen-bond acceptors (Lipinski definition) is 4. The molecule has 0 fully saturated rings. The van der Waals surface area contributed by atoms with E-state index in [0.717, 1.165) is 71.5 Å². The van der Waals surface area contributed by atoms with Crippen LogP contribution in [0.15, 0.2) is 174 Å². The zero-order chi connectivity index (χ0) is 34.2. The van der Waals surface area contributed by atoms with Gasteiger partial charge < -0.3 is 8.98 Å². The smallest absolute Gasteiger partial charge is 0.164 e. The monoisotopic (exact) mass is 664 g/mol. The largest absolute Gasteiger partial charge is 0.456 e. The molecule has 0 saturated heterocycles. The minimum atomic E-state index is 0.606. The number of hydrogen-bond donors (Lipinski definition) is 0. The second-order valence-corrected chi connectivity index (χ2v) is 13.2. The standard InChI is InChI=1S/C47H28N4O/c1-3-14-31(15-4-1)45-48-46(32-24-26-40-38(28-32)43-34-18-9-7-12-29(34)23-27-41(43)52-40)50-47(49-45)37-20-11-21-39-42(37)36-25-22-30-13-8-10-19-35(30)44(36)51(39)33-16-5-2-6-17-33/h1-28H. The molecule has 11 rings (SSSR count). The Bertz CT molecular complexity index is 3180. The number of rotatable bonds is 4. The van der Waals surface area contributed by atoms with Crippen molar-refractivity contribution in [2.75, 3.05) is 0 Å². The molecule has 0 spiro atoms. The molecule has 0 aliphatic rings. The number of nitrogens with zero attached hydrogens (tertiary/aromatic N) is 4. The zero-order valence-corrected chi connectivity index (χ0v) is 27.9. The topological polar surface area (TPSA) is 56.7 Å². The van der Waals surface area contributed by atoms with Crippen molar-refractivity contribution in [3.63, 3.8) is 0 Å². The SMILES string of the molecule is c1ccc(-c2nc(-c3ccc4oc5ccc6ccccc6c5c4c3)nc(-c3cccc4c3c3ccc5ccccc5c3n4-c3ccccc3)n2)cc1. The van der Waals surface area contributed by atoms with Crippen LogP contribution in [0.1, 0.15) is 0 Å². The van der Waals surface area contributed by atoms with Crippen molar-refractivity contribution >= 4 is 65.3 Å². The van der Waals surface area contributed by atoms with Gasteiger partial charge in [0.1, 0.15) is 11.2 Å². The Morgan fingerprint density at radius 1 is 0.404 bits per heavy atom. The first kappa shape index (κ1) is 28.7. The van der Waals surface area contributed by atoms with Crippen molar-refractivity contribution in [3.05, 3.63) is 170 Å². The van der Waals surface area contributed by atoms with Gasteiger partial charge in [-0.2, -0.15) is 0 Å². The van der Waals surface area contributed by atoms with Crippen molar-refractivity contribution in [2.45, 2.75) is 0 Å². The van der Waals surface area contributed by atoms with Gasteiger partial charge >= 0.3 is 0 Å². The predicted molar refractivity (Wildman–Crippen MR) is 213 cm³/mol. The third-order valence-corrected chi connectivity index (χ3v) is 10.2. The maximum atomic E-state index is 6.34. The van der Waals surface area contributed by atoms with Crippen molar-refractivity contribution in [3.8, 4) is 39.9 Å². The first-order chi connectivity index (χ1) is 25.8. The second kappa shape index (κ2) is 11.2. The summed E-state index contributed by atoms with van der Waals surface area (Å²) in [5.41, 5.74) is 7.83. The molecule has 52 heavy (non-hydrogen) atoms. The molecule has 0 amide bonds. The van der Waals surface area contributed by atoms with Crippen molar-refractivity contribution < 1.29 is 4.42 Å². The van der Waals surface area contributed by atoms with Gasteiger partial charge in [-0.1, -0.05) is 127 Å². The Morgan fingerprint density at radius 2 is 1.06 bits per heavy atom. The van der Waals surface area contributed by atoms with E-state index in [1.54, 1.807) is 0 Å². The van der Waals surface area contributed by atoms with Crippen molar-refractivity contribution in [1.82, 2.24) is 19.5 Å². The average Bonchev–Trinajstić information content (AvgIpc) is 3.77. The maximum absolute atomic E-state index is 6.34. The summed E-state index contributed by atoms with van der Waals surface area (Å²) >= 11 is 0. The summed E-state index contributed by atoms with van der Waals surface area (Å²) in [6.45, 7) is 0. The highest BCUT2D eigenvalue weighted by molar-refractivity contribution is 6.22. The fourth-order valence-electron chi connectivity index (χ4n) is 7.89. The van der Waals surface area contributed by atoms with Gasteiger partial charge in [0.2, 0.25) is 0 Å². The average molecular weight is 665 g/mol. The van der Waals surface area contributed by atoms with E-state index in [1.165, 1.54) is 16.2 Å². The molecule has 0 aliphatic heterocycles. The first-order valence-corrected chi connectivity index (χ1v) is 17.5. The zero-order valence-electron chi connectivity index (χ0n) is 27.9. The van der Waals surface area contributed by atoms with Crippen LogP contribution in [0.4, 0.5) is 0 Å². The van der Waals surface area contributed by atoms with Gasteiger partial charge in [-0.15, -0.1) is 0 Å². The van der Waals surface area contributed by atoms with Crippen LogP contribution in [0.25, 0.3) is 105 Å². The normalized spacial score (nSPS) is 11.8. The van der Waals surface area contributed by atoms with Gasteiger partial charge in [-0.05, 0) is 58.6 Å². The van der Waals surface area contributed by atoms with E-state index < -0.39 is 0 Å². The third kappa shape index (κ3) is 4.33. The Kier molecular flexibility index (Phi) is 6.18. The lowest BCUT2D eigenvalue weighted by Gasteiger charge is -2.11. The fraction of sp³-hybridized carbons (Fsp3) is 0. The van der Waals surface area contributed by atoms with Crippen molar-refractivity contribution in [2.24, 2.45) is 0 Å². The van der Waals surface area contributed by atoms with Crippen LogP contribution < -0.4 is 0 Å². The van der Waals surface area contributed by atoms with E-state index in [-0.39, 0.29) is 0 Å². The van der Waals surface area contributed by atoms with Gasteiger partial charge in [0, 0.05) is 49.3 Å². The van der Waals surface area contributed by atoms with Crippen LogP contribution >= 0.6 is 0 Å². The van der Waals surface area contributed by atoms with E-state index in [0.29, 0.717) is 17.5 Å². The van der Waals surface area contributed by atoms with Crippen LogP contribution in [0.2, 0.25) is 0 Å². The molecule has 0 atom stereocenters. The minimum Gasteiger partial charge on any atom is -0.456 e. The maximum Gasteiger partial charge on any atom is 0.164 e. The Morgan fingerprint density at radius 3 is 1.88 bits per heavy atom. The van der Waals surface area contributed by atoms with E-state index in [9.17, 15) is 0 Å². The van der Waals surface area contributed by atoms with Gasteiger partial charge in [0.15, 0.2) is 17.5 Å². The molecule has 242 valence electrons. The Balaban J connectivity index is 1.21. The summed E-state index contributed by atoms with van der Waals surface area (Å²) < 4.78 is 8.71. The predicted octanol–water partition coefficient (Wildman–Crippen LogP) is 12.2. The lowest BCUT2D eigenvalue weighted by molar-refractivity contribution is 0.669. The Labute approximate surface area is 298 Å². The highest BCUT2D eigenvalue weighted by Gasteiger charge is 2.21. The van der Waals surface area contributed by atoms with E-state index in [4.69, 9.17) is 19.4 Å². The molecule has 8 aromatic carbocycles. The number of benzene rings is 8. The quantitative estimate of drug-likeness (QED) is 0.188. The highest BCUT2D eigenvalue weighted by Crippen LogP contribution is 2.42. The molecule has 0 aliphatic carbocycles.